The third-order valence-corrected chi connectivity index (χ3v) is 25.6. The number of nitrogens with zero attached hydrogens (tertiary/aromatic N) is 2. The van der Waals surface area contributed by atoms with Crippen molar-refractivity contribution in [1.82, 2.24) is 4.31 Å². The van der Waals surface area contributed by atoms with E-state index in [1.165, 1.54) is 10.4 Å². The van der Waals surface area contributed by atoms with Gasteiger partial charge in [0.25, 0.3) is 16.6 Å². The molecule has 0 aliphatic carbocycles. The van der Waals surface area contributed by atoms with E-state index in [0.29, 0.717) is 38.8 Å². The number of rotatable bonds is 21. The van der Waals surface area contributed by atoms with Crippen LogP contribution >= 0.6 is 0 Å². The van der Waals surface area contributed by atoms with Crippen molar-refractivity contribution < 1.29 is 21.8 Å². The van der Waals surface area contributed by atoms with Gasteiger partial charge in [0.1, 0.15) is 16.1 Å². The minimum Gasteiger partial charge on any atom is -0.591 e. The summed E-state index contributed by atoms with van der Waals surface area (Å²) in [6.45, 7) is 24.4. The maximum Gasteiger partial charge on any atom is 0.261 e. The topological polar surface area (TPSA) is 91.3 Å². The standard InChI is InChI=1S/C54H74N2O5S2Si2/c1-44(2)39-41-56(63(58,59)47-37-35-45(36-38-47)42-60-64(53(6,7)8,48-27-16-12-17-28-48)49-29-18-13-19-30-49)46(26-24-25-40-55-62(57)52(3,4)5)43-61-65(54(9,10)11,50-31-20-14-21-32-50)51-33-22-15-23-34-51/h12-23,27-38,40,44,46H,24-26,39,41-43H2,1-11H3. The van der Waals surface area contributed by atoms with Crippen LogP contribution in [0.4, 0.5) is 0 Å². The Kier molecular flexibility index (Phi) is 18.1. The second-order valence-electron chi connectivity index (χ2n) is 20.6. The SMILES string of the molecule is CC(C)CCN(C(CCCC=N[S+]([O-])C(C)(C)C)CO[Si](c1ccccc1)(c1ccccc1)C(C)(C)C)S(=O)(=O)c1ccc(CO[Si](c2ccccc2)(c2ccccc2)C(C)(C)C)cc1. The Hall–Kier alpha value is -3.66. The van der Waals surface area contributed by atoms with Crippen molar-refractivity contribution in [2.45, 2.75) is 134 Å². The molecule has 0 saturated carbocycles. The summed E-state index contributed by atoms with van der Waals surface area (Å²) in [4.78, 5) is 0.244. The zero-order valence-electron chi connectivity index (χ0n) is 40.8. The molecule has 0 spiro atoms. The second kappa shape index (κ2) is 22.4. The molecule has 0 bridgehead atoms. The highest BCUT2D eigenvalue weighted by Gasteiger charge is 2.52. The van der Waals surface area contributed by atoms with E-state index < -0.39 is 48.8 Å². The lowest BCUT2D eigenvalue weighted by molar-refractivity contribution is 0.181. The van der Waals surface area contributed by atoms with E-state index in [4.69, 9.17) is 8.85 Å². The first kappa shape index (κ1) is 52.3. The smallest absolute Gasteiger partial charge is 0.261 e. The number of sulfonamides is 1. The Morgan fingerprint density at radius 1 is 0.631 bits per heavy atom. The number of hydrogen-bond acceptors (Lipinski definition) is 6. The molecular formula is C54H74N2O5S2Si2. The predicted octanol–water partition coefficient (Wildman–Crippen LogP) is 10.4. The molecule has 0 saturated heterocycles. The molecule has 2 atom stereocenters. The summed E-state index contributed by atoms with van der Waals surface area (Å²) < 4.78 is 63.6. The summed E-state index contributed by atoms with van der Waals surface area (Å²) in [6, 6.07) is 48.9. The highest BCUT2D eigenvalue weighted by Crippen LogP contribution is 2.39. The number of unbranched alkanes of at least 4 members (excludes halogenated alkanes) is 1. The van der Waals surface area contributed by atoms with E-state index in [2.05, 4.69) is 157 Å². The highest BCUT2D eigenvalue weighted by molar-refractivity contribution is 7.91. The Morgan fingerprint density at radius 2 is 1.05 bits per heavy atom. The maximum atomic E-state index is 15.3. The molecule has 5 aromatic carbocycles. The summed E-state index contributed by atoms with van der Waals surface area (Å²) in [5, 5.41) is 4.18. The van der Waals surface area contributed by atoms with Crippen LogP contribution in [0.5, 0.6) is 0 Å². The van der Waals surface area contributed by atoms with E-state index in [0.717, 1.165) is 15.9 Å². The third kappa shape index (κ3) is 12.7. The summed E-state index contributed by atoms with van der Waals surface area (Å²) in [5.41, 5.74) is 0.907. The van der Waals surface area contributed by atoms with Crippen LogP contribution in [0.3, 0.4) is 0 Å². The molecule has 0 fully saturated rings. The van der Waals surface area contributed by atoms with Gasteiger partial charge in [0, 0.05) is 12.6 Å². The summed E-state index contributed by atoms with van der Waals surface area (Å²) in [6.07, 6.45) is 4.17. The number of benzene rings is 5. The maximum absolute atomic E-state index is 15.3. The van der Waals surface area contributed by atoms with Crippen LogP contribution in [0.1, 0.15) is 107 Å². The van der Waals surface area contributed by atoms with Crippen LogP contribution in [0.25, 0.3) is 0 Å². The molecule has 0 aromatic heterocycles. The van der Waals surface area contributed by atoms with Crippen LogP contribution in [0.15, 0.2) is 155 Å². The summed E-state index contributed by atoms with van der Waals surface area (Å²) in [7, 11) is -9.87. The molecule has 0 aliphatic heterocycles. The van der Waals surface area contributed by atoms with Gasteiger partial charge >= 0.3 is 0 Å². The van der Waals surface area contributed by atoms with E-state index in [-0.39, 0.29) is 27.5 Å². The second-order valence-corrected chi connectivity index (χ2v) is 33.0. The molecule has 5 aromatic rings. The average Bonchev–Trinajstić information content (AvgIpc) is 3.26. The van der Waals surface area contributed by atoms with Gasteiger partial charge in [0.05, 0.1) is 24.3 Å². The van der Waals surface area contributed by atoms with Crippen molar-refractivity contribution in [2.24, 2.45) is 10.3 Å². The van der Waals surface area contributed by atoms with Gasteiger partial charge in [0.2, 0.25) is 10.0 Å². The van der Waals surface area contributed by atoms with E-state index in [1.54, 1.807) is 22.7 Å². The minimum atomic E-state index is -4.02. The lowest BCUT2D eigenvalue weighted by atomic mass is 10.1. The Morgan fingerprint density at radius 3 is 1.43 bits per heavy atom. The molecular weight excluding hydrogens is 877 g/mol. The fourth-order valence-corrected chi connectivity index (χ4v) is 20.1. The molecule has 0 heterocycles. The fraction of sp³-hybridized carbons (Fsp3) is 0.426. The molecule has 2 unspecified atom stereocenters. The molecule has 0 amide bonds. The van der Waals surface area contributed by atoms with Gasteiger partial charge in [-0.05, 0) is 101 Å². The Bertz CT molecular complexity index is 2250. The normalized spacial score (nSPS) is 14.3. The zero-order valence-corrected chi connectivity index (χ0v) is 44.4. The van der Waals surface area contributed by atoms with Crippen LogP contribution in [0.2, 0.25) is 10.1 Å². The monoisotopic (exact) mass is 950 g/mol. The van der Waals surface area contributed by atoms with Crippen LogP contribution in [-0.4, -0.2) is 64.1 Å². The first-order chi connectivity index (χ1) is 30.6. The van der Waals surface area contributed by atoms with Gasteiger partial charge in [0.15, 0.2) is 0 Å². The first-order valence-electron chi connectivity index (χ1n) is 23.2. The van der Waals surface area contributed by atoms with Crippen molar-refractivity contribution in [3.8, 4) is 0 Å². The Labute approximate surface area is 397 Å². The van der Waals surface area contributed by atoms with E-state index in [1.807, 2.05) is 57.2 Å². The summed E-state index contributed by atoms with van der Waals surface area (Å²) in [5.74, 6) is 0.270. The largest absolute Gasteiger partial charge is 0.591 e. The lowest BCUT2D eigenvalue weighted by Crippen LogP contribution is -2.67. The van der Waals surface area contributed by atoms with Gasteiger partial charge in [-0.2, -0.15) is 4.31 Å². The molecule has 350 valence electrons. The van der Waals surface area contributed by atoms with E-state index >= 15 is 8.42 Å². The van der Waals surface area contributed by atoms with Gasteiger partial charge in [-0.15, -0.1) is 0 Å². The summed E-state index contributed by atoms with van der Waals surface area (Å²) >= 11 is -1.37. The predicted molar refractivity (Wildman–Crippen MR) is 280 cm³/mol. The first-order valence-corrected chi connectivity index (χ1v) is 29.6. The Balaban J connectivity index is 1.53. The quantitative estimate of drug-likeness (QED) is 0.0316. The highest BCUT2D eigenvalue weighted by atomic mass is 32.2. The van der Waals surface area contributed by atoms with Crippen LogP contribution in [-0.2, 0) is 36.8 Å². The molecule has 5 rings (SSSR count). The van der Waals surface area contributed by atoms with Crippen molar-refractivity contribution in [1.29, 1.82) is 0 Å². The lowest BCUT2D eigenvalue weighted by Gasteiger charge is -2.44. The molecule has 0 aliphatic rings. The fourth-order valence-electron chi connectivity index (χ4n) is 8.75. The van der Waals surface area contributed by atoms with Gasteiger partial charge in [-0.3, -0.25) is 0 Å². The minimum absolute atomic E-state index is 0.197. The van der Waals surface area contributed by atoms with Crippen molar-refractivity contribution >= 4 is 65.0 Å². The average molecular weight is 952 g/mol. The molecule has 65 heavy (non-hydrogen) atoms. The third-order valence-electron chi connectivity index (χ3n) is 12.2. The molecule has 7 nitrogen and oxygen atoms in total. The number of hydrogen-bond donors (Lipinski definition) is 0. The van der Waals surface area contributed by atoms with Crippen molar-refractivity contribution in [3.63, 3.8) is 0 Å². The van der Waals surface area contributed by atoms with E-state index in [9.17, 15) is 4.55 Å². The van der Waals surface area contributed by atoms with Gasteiger partial charge < -0.3 is 13.4 Å². The van der Waals surface area contributed by atoms with Crippen LogP contribution in [0, 0.1) is 5.92 Å². The van der Waals surface area contributed by atoms with Crippen molar-refractivity contribution in [2.75, 3.05) is 13.2 Å². The molecule has 0 N–H and O–H groups in total. The molecule has 0 radical (unpaired) electrons. The van der Waals surface area contributed by atoms with Crippen LogP contribution < -0.4 is 20.7 Å². The van der Waals surface area contributed by atoms with Gasteiger partial charge in [-0.25, -0.2) is 8.42 Å². The van der Waals surface area contributed by atoms with Crippen molar-refractivity contribution in [3.05, 3.63) is 151 Å². The van der Waals surface area contributed by atoms with Gasteiger partial charge in [-0.1, -0.05) is 193 Å². The zero-order chi connectivity index (χ0) is 47.5. The molecule has 11 heteroatoms.